The van der Waals surface area contributed by atoms with Gasteiger partial charge in [0.2, 0.25) is 0 Å². The zero-order chi connectivity index (χ0) is 17.9. The molecule has 2 aromatic carbocycles. The fourth-order valence-corrected chi connectivity index (χ4v) is 6.55. The van der Waals surface area contributed by atoms with Crippen LogP contribution in [0.4, 0.5) is 0 Å². The first-order chi connectivity index (χ1) is 13.2. The molecule has 7 rings (SSSR count). The van der Waals surface area contributed by atoms with Crippen LogP contribution < -0.4 is 0 Å². The summed E-state index contributed by atoms with van der Waals surface area (Å²) in [5.41, 5.74) is 9.34. The Bertz CT molecular complexity index is 1250. The van der Waals surface area contributed by atoms with Gasteiger partial charge in [-0.2, -0.15) is 0 Å². The normalized spacial score (nSPS) is 20.4. The summed E-state index contributed by atoms with van der Waals surface area (Å²) in [4.78, 5) is 0. The van der Waals surface area contributed by atoms with Crippen molar-refractivity contribution < 1.29 is 0 Å². The number of hydrogen-bond donors (Lipinski definition) is 0. The fraction of sp³-hybridized carbons (Fsp3) is 0.360. The molecule has 0 spiro atoms. The third kappa shape index (κ3) is 1.49. The molecule has 3 aliphatic carbocycles. The Hall–Kier alpha value is -2.48. The number of fused-ring (bicyclic) bond motifs is 7. The topological polar surface area (TPSA) is 9.86 Å². The van der Waals surface area contributed by atoms with Gasteiger partial charge in [-0.1, -0.05) is 36.4 Å². The van der Waals surface area contributed by atoms with E-state index in [0.29, 0.717) is 0 Å². The van der Waals surface area contributed by atoms with E-state index >= 15 is 0 Å². The van der Waals surface area contributed by atoms with Crippen molar-refractivity contribution in [2.75, 3.05) is 0 Å². The molecule has 2 nitrogen and oxygen atoms in total. The van der Waals surface area contributed by atoms with Crippen LogP contribution in [0.1, 0.15) is 36.9 Å². The van der Waals surface area contributed by atoms with Crippen LogP contribution in [0.5, 0.6) is 0 Å². The number of rotatable bonds is 2. The van der Waals surface area contributed by atoms with Crippen molar-refractivity contribution in [1.82, 2.24) is 9.13 Å². The monoisotopic (exact) mass is 352 g/mol. The summed E-state index contributed by atoms with van der Waals surface area (Å²) in [6.07, 6.45) is 5.56. The second kappa shape index (κ2) is 4.49. The molecule has 27 heavy (non-hydrogen) atoms. The molecule has 0 saturated heterocycles. The molecular weight excluding hydrogens is 328 g/mol. The van der Waals surface area contributed by atoms with E-state index in [1.807, 2.05) is 0 Å². The Morgan fingerprint density at radius 1 is 0.741 bits per heavy atom. The zero-order valence-electron chi connectivity index (χ0n) is 16.0. The molecule has 2 heterocycles. The lowest BCUT2D eigenvalue weighted by atomic mass is 9.71. The van der Waals surface area contributed by atoms with Crippen LogP contribution in [0.25, 0.3) is 33.1 Å². The van der Waals surface area contributed by atoms with E-state index in [9.17, 15) is 0 Å². The Balaban J connectivity index is 1.76. The number of benzene rings is 2. The van der Waals surface area contributed by atoms with E-state index in [4.69, 9.17) is 0 Å². The highest BCUT2D eigenvalue weighted by molar-refractivity contribution is 6.07. The lowest BCUT2D eigenvalue weighted by Gasteiger charge is -2.33. The second-order valence-corrected chi connectivity index (χ2v) is 9.02. The van der Waals surface area contributed by atoms with Gasteiger partial charge in [-0.3, -0.25) is 0 Å². The van der Waals surface area contributed by atoms with E-state index in [1.165, 1.54) is 58.7 Å². The standard InChI is InChI=1S/C25H24N2/c1-26-20-10-6-4-8-18(20)22-23(26)21-17-7-3-5-9-19(17)27(2)24(21)25(22,15-11-12-15)16-13-14-16/h3-10,15-16H,11-14H2,1-2H3. The van der Waals surface area contributed by atoms with Gasteiger partial charge in [0.25, 0.3) is 0 Å². The molecule has 4 aromatic rings. The van der Waals surface area contributed by atoms with E-state index in [1.54, 1.807) is 11.3 Å². The smallest absolute Gasteiger partial charge is 0.0556 e. The van der Waals surface area contributed by atoms with E-state index < -0.39 is 0 Å². The van der Waals surface area contributed by atoms with Crippen molar-refractivity contribution in [1.29, 1.82) is 0 Å². The first-order valence-corrected chi connectivity index (χ1v) is 10.4. The number of aromatic nitrogens is 2. The minimum absolute atomic E-state index is 0.235. The number of para-hydroxylation sites is 2. The maximum absolute atomic E-state index is 2.55. The summed E-state index contributed by atoms with van der Waals surface area (Å²) in [7, 11) is 4.59. The summed E-state index contributed by atoms with van der Waals surface area (Å²) in [5.74, 6) is 1.64. The van der Waals surface area contributed by atoms with E-state index in [0.717, 1.165) is 11.8 Å². The summed E-state index contributed by atoms with van der Waals surface area (Å²) >= 11 is 0. The highest BCUT2D eigenvalue weighted by Gasteiger charge is 2.63. The van der Waals surface area contributed by atoms with Gasteiger partial charge in [-0.25, -0.2) is 0 Å². The van der Waals surface area contributed by atoms with E-state index in [2.05, 4.69) is 71.8 Å². The van der Waals surface area contributed by atoms with Gasteiger partial charge < -0.3 is 9.13 Å². The Morgan fingerprint density at radius 2 is 1.30 bits per heavy atom. The zero-order valence-corrected chi connectivity index (χ0v) is 16.0. The molecule has 2 heteroatoms. The van der Waals surface area contributed by atoms with Crippen LogP contribution in [0.15, 0.2) is 48.5 Å². The molecule has 0 atom stereocenters. The average molecular weight is 352 g/mol. The Morgan fingerprint density at radius 3 is 1.93 bits per heavy atom. The molecule has 0 amide bonds. The maximum Gasteiger partial charge on any atom is 0.0556 e. The minimum Gasteiger partial charge on any atom is -0.346 e. The first-order valence-electron chi connectivity index (χ1n) is 10.4. The summed E-state index contributed by atoms with van der Waals surface area (Å²) in [6.45, 7) is 0. The van der Waals surface area contributed by atoms with Crippen molar-refractivity contribution in [3.05, 3.63) is 59.8 Å². The van der Waals surface area contributed by atoms with Gasteiger partial charge in [0.1, 0.15) is 0 Å². The van der Waals surface area contributed by atoms with Crippen LogP contribution in [0.2, 0.25) is 0 Å². The van der Waals surface area contributed by atoms with Gasteiger partial charge >= 0.3 is 0 Å². The number of aryl methyl sites for hydroxylation is 2. The minimum atomic E-state index is 0.235. The molecule has 2 aromatic heterocycles. The lowest BCUT2D eigenvalue weighted by Crippen LogP contribution is -2.33. The van der Waals surface area contributed by atoms with Gasteiger partial charge in [-0.15, -0.1) is 0 Å². The lowest BCUT2D eigenvalue weighted by molar-refractivity contribution is 0.383. The van der Waals surface area contributed by atoms with Crippen LogP contribution in [-0.2, 0) is 19.5 Å². The SMILES string of the molecule is Cn1c2c(c3ccccc31)C(C1CC1)(C1CC1)c1c-2c2ccccc2n1C. The maximum atomic E-state index is 2.55. The Labute approximate surface area is 159 Å². The molecule has 0 radical (unpaired) electrons. The molecule has 2 fully saturated rings. The predicted molar refractivity (Wildman–Crippen MR) is 111 cm³/mol. The molecular formula is C25H24N2. The average Bonchev–Trinajstić information content (AvgIpc) is 3.62. The summed E-state index contributed by atoms with van der Waals surface area (Å²) in [5, 5.41) is 2.93. The van der Waals surface area contributed by atoms with Crippen LogP contribution in [0, 0.1) is 11.8 Å². The van der Waals surface area contributed by atoms with E-state index in [-0.39, 0.29) is 5.41 Å². The summed E-state index contributed by atoms with van der Waals surface area (Å²) in [6, 6.07) is 18.2. The molecule has 0 N–H and O–H groups in total. The van der Waals surface area contributed by atoms with Gasteiger partial charge in [0, 0.05) is 52.6 Å². The molecule has 134 valence electrons. The summed E-state index contributed by atoms with van der Waals surface area (Å²) < 4.78 is 5.04. The Kier molecular flexibility index (Phi) is 2.42. The van der Waals surface area contributed by atoms with Crippen LogP contribution in [0.3, 0.4) is 0 Å². The second-order valence-electron chi connectivity index (χ2n) is 9.02. The van der Waals surface area contributed by atoms with Gasteiger partial charge in [0.15, 0.2) is 0 Å². The van der Waals surface area contributed by atoms with Gasteiger partial charge in [-0.05, 0) is 55.2 Å². The van der Waals surface area contributed by atoms with Crippen molar-refractivity contribution in [3.8, 4) is 11.3 Å². The van der Waals surface area contributed by atoms with Crippen molar-refractivity contribution in [2.24, 2.45) is 25.9 Å². The van der Waals surface area contributed by atoms with Crippen molar-refractivity contribution in [3.63, 3.8) is 0 Å². The highest BCUT2D eigenvalue weighted by atomic mass is 15.0. The predicted octanol–water partition coefficient (Wildman–Crippen LogP) is 5.76. The molecule has 0 aliphatic heterocycles. The molecule has 0 unspecified atom stereocenters. The third-order valence-electron chi connectivity index (χ3n) is 7.70. The van der Waals surface area contributed by atoms with Gasteiger partial charge in [0.05, 0.1) is 5.69 Å². The molecule has 2 saturated carbocycles. The largest absolute Gasteiger partial charge is 0.346 e. The quantitative estimate of drug-likeness (QED) is 0.434. The number of nitrogens with zero attached hydrogens (tertiary/aromatic N) is 2. The van der Waals surface area contributed by atoms with Crippen molar-refractivity contribution in [2.45, 2.75) is 31.1 Å². The van der Waals surface area contributed by atoms with Crippen molar-refractivity contribution >= 4 is 21.8 Å². The first kappa shape index (κ1) is 14.6. The highest BCUT2D eigenvalue weighted by Crippen LogP contribution is 2.70. The van der Waals surface area contributed by atoms with Crippen LogP contribution in [-0.4, -0.2) is 9.13 Å². The molecule has 0 bridgehead atoms. The van der Waals surface area contributed by atoms with Crippen LogP contribution >= 0.6 is 0 Å². The number of hydrogen-bond acceptors (Lipinski definition) is 0. The molecule has 3 aliphatic rings. The third-order valence-corrected chi connectivity index (χ3v) is 7.70. The fourth-order valence-electron chi connectivity index (χ4n) is 6.55.